The molecule has 0 fully saturated rings. The number of hydrazine groups is 1. The summed E-state index contributed by atoms with van der Waals surface area (Å²) in [6, 6.07) is 7.81. The molecule has 112 valence electrons. The molecule has 5 N–H and O–H groups in total. The number of amides is 1. The van der Waals surface area contributed by atoms with Gasteiger partial charge in [0.1, 0.15) is 5.82 Å². The molecule has 0 spiro atoms. The van der Waals surface area contributed by atoms with Gasteiger partial charge in [0.25, 0.3) is 0 Å². The van der Waals surface area contributed by atoms with Gasteiger partial charge in [-0.2, -0.15) is 0 Å². The molecule has 0 radical (unpaired) electrons. The number of likely N-dealkylation sites (N-methyl/N-ethyl adjacent to an activating group) is 1. The van der Waals surface area contributed by atoms with Gasteiger partial charge in [0.05, 0.1) is 17.0 Å². The number of nitrogen functional groups attached to an aromatic ring is 1. The number of carbonyl (C=O) groups is 1. The third-order valence-electron chi connectivity index (χ3n) is 2.82. The zero-order chi connectivity index (χ0) is 15.5. The highest BCUT2D eigenvalue weighted by molar-refractivity contribution is 7.89. The van der Waals surface area contributed by atoms with Crippen molar-refractivity contribution in [1.29, 1.82) is 0 Å². The lowest BCUT2D eigenvalue weighted by atomic mass is 10.2. The first kappa shape index (κ1) is 15.2. The van der Waals surface area contributed by atoms with Gasteiger partial charge >= 0.3 is 0 Å². The van der Waals surface area contributed by atoms with Gasteiger partial charge in [-0.3, -0.25) is 4.79 Å². The number of nitrogens with one attached hydrogen (secondary N) is 3. The largest absolute Gasteiger partial charge is 0.358 e. The number of anilines is 1. The summed E-state index contributed by atoms with van der Waals surface area (Å²) < 4.78 is 26.4. The van der Waals surface area contributed by atoms with Crippen LogP contribution >= 0.6 is 0 Å². The maximum Gasteiger partial charge on any atom is 0.241 e. The lowest BCUT2D eigenvalue weighted by Crippen LogP contribution is -2.35. The minimum Gasteiger partial charge on any atom is -0.358 e. The van der Waals surface area contributed by atoms with E-state index in [9.17, 15) is 13.2 Å². The first-order chi connectivity index (χ1) is 9.96. The standard InChI is InChI=1S/C12H15N5O3S/c1-14-12(18)7-15-21(19,20)9-3-4-10-8(6-9)2-5-11(16-10)17-13/h2-6,15H,7,13H2,1H3,(H,14,18)(H,16,17). The number of sulfonamides is 1. The van der Waals surface area contributed by atoms with E-state index in [0.29, 0.717) is 16.7 Å². The first-order valence-corrected chi connectivity index (χ1v) is 7.52. The Labute approximate surface area is 121 Å². The van der Waals surface area contributed by atoms with Crippen molar-refractivity contribution in [2.24, 2.45) is 5.84 Å². The van der Waals surface area contributed by atoms with E-state index in [1.165, 1.54) is 19.2 Å². The number of nitrogens with two attached hydrogens (primary N) is 1. The molecule has 0 unspecified atom stereocenters. The molecular weight excluding hydrogens is 294 g/mol. The highest BCUT2D eigenvalue weighted by Crippen LogP contribution is 2.19. The number of hydrogen-bond acceptors (Lipinski definition) is 6. The number of rotatable bonds is 5. The van der Waals surface area contributed by atoms with Crippen LogP contribution in [0, 0.1) is 0 Å². The van der Waals surface area contributed by atoms with Crippen molar-refractivity contribution in [3.63, 3.8) is 0 Å². The molecule has 0 bridgehead atoms. The van der Waals surface area contributed by atoms with E-state index in [0.717, 1.165) is 0 Å². The number of aromatic nitrogens is 1. The summed E-state index contributed by atoms with van der Waals surface area (Å²) in [6.07, 6.45) is 0. The maximum atomic E-state index is 12.1. The van der Waals surface area contributed by atoms with Crippen LogP contribution in [0.1, 0.15) is 0 Å². The van der Waals surface area contributed by atoms with Crippen molar-refractivity contribution in [2.45, 2.75) is 4.90 Å². The van der Waals surface area contributed by atoms with E-state index in [4.69, 9.17) is 5.84 Å². The minimum absolute atomic E-state index is 0.0640. The van der Waals surface area contributed by atoms with Crippen LogP contribution in [0.15, 0.2) is 35.2 Å². The Kier molecular flexibility index (Phi) is 4.36. The van der Waals surface area contributed by atoms with Crippen LogP contribution in [0.25, 0.3) is 10.9 Å². The minimum atomic E-state index is -3.75. The van der Waals surface area contributed by atoms with Gasteiger partial charge in [0, 0.05) is 12.4 Å². The Morgan fingerprint density at radius 3 is 2.71 bits per heavy atom. The van der Waals surface area contributed by atoms with Crippen LogP contribution in [-0.2, 0) is 14.8 Å². The van der Waals surface area contributed by atoms with Crippen molar-refractivity contribution in [2.75, 3.05) is 19.0 Å². The molecule has 2 rings (SSSR count). The fourth-order valence-corrected chi connectivity index (χ4v) is 2.70. The topological polar surface area (TPSA) is 126 Å². The fourth-order valence-electron chi connectivity index (χ4n) is 1.68. The summed E-state index contributed by atoms with van der Waals surface area (Å²) in [5.74, 6) is 5.33. The van der Waals surface area contributed by atoms with Crippen LogP contribution in [-0.4, -0.2) is 32.9 Å². The lowest BCUT2D eigenvalue weighted by molar-refractivity contribution is -0.119. The fraction of sp³-hybridized carbons (Fsp3) is 0.167. The van der Waals surface area contributed by atoms with Crippen LogP contribution in [0.2, 0.25) is 0 Å². The second kappa shape index (κ2) is 6.04. The van der Waals surface area contributed by atoms with Crippen LogP contribution in [0.5, 0.6) is 0 Å². The van der Waals surface area contributed by atoms with Crippen molar-refractivity contribution in [3.8, 4) is 0 Å². The predicted octanol–water partition coefficient (Wildman–Crippen LogP) is -0.455. The second-order valence-corrected chi connectivity index (χ2v) is 5.96. The van der Waals surface area contributed by atoms with E-state index in [1.54, 1.807) is 18.2 Å². The zero-order valence-electron chi connectivity index (χ0n) is 11.3. The third kappa shape index (κ3) is 3.45. The van der Waals surface area contributed by atoms with Gasteiger partial charge in [-0.15, -0.1) is 0 Å². The summed E-state index contributed by atoms with van der Waals surface area (Å²) in [4.78, 5) is 15.4. The molecule has 0 aliphatic carbocycles. The molecule has 0 saturated carbocycles. The molecule has 0 atom stereocenters. The Morgan fingerprint density at radius 2 is 2.05 bits per heavy atom. The Balaban J connectivity index is 2.31. The average molecular weight is 309 g/mol. The van der Waals surface area contributed by atoms with Gasteiger partial charge < -0.3 is 10.7 Å². The Morgan fingerprint density at radius 1 is 1.29 bits per heavy atom. The molecule has 2 aromatic rings. The Hall–Kier alpha value is -2.23. The lowest BCUT2D eigenvalue weighted by Gasteiger charge is -2.07. The number of carbonyl (C=O) groups excluding carboxylic acids is 1. The average Bonchev–Trinajstić information content (AvgIpc) is 2.51. The molecule has 21 heavy (non-hydrogen) atoms. The molecule has 1 aromatic heterocycles. The smallest absolute Gasteiger partial charge is 0.241 e. The molecule has 1 amide bonds. The molecule has 0 aliphatic heterocycles. The number of hydrogen-bond donors (Lipinski definition) is 4. The van der Waals surface area contributed by atoms with Gasteiger partial charge in [-0.25, -0.2) is 24.0 Å². The molecule has 0 aliphatic rings. The quantitative estimate of drug-likeness (QED) is 0.437. The van der Waals surface area contributed by atoms with Crippen molar-refractivity contribution >= 4 is 32.7 Å². The van der Waals surface area contributed by atoms with Crippen molar-refractivity contribution in [1.82, 2.24) is 15.0 Å². The number of nitrogens with zero attached hydrogens (tertiary/aromatic N) is 1. The SMILES string of the molecule is CNC(=O)CNS(=O)(=O)c1ccc2nc(NN)ccc2c1. The monoisotopic (exact) mass is 309 g/mol. The normalized spacial score (nSPS) is 11.3. The highest BCUT2D eigenvalue weighted by atomic mass is 32.2. The molecule has 0 saturated heterocycles. The van der Waals surface area contributed by atoms with Gasteiger partial charge in [0.15, 0.2) is 0 Å². The van der Waals surface area contributed by atoms with Crippen LogP contribution < -0.4 is 21.3 Å². The summed E-state index contributed by atoms with van der Waals surface area (Å²) in [5, 5.41) is 2.99. The van der Waals surface area contributed by atoms with Gasteiger partial charge in [-0.1, -0.05) is 0 Å². The molecular formula is C12H15N5O3S. The number of pyridine rings is 1. The van der Waals surface area contributed by atoms with Crippen molar-refractivity contribution in [3.05, 3.63) is 30.3 Å². The third-order valence-corrected chi connectivity index (χ3v) is 4.22. The van der Waals surface area contributed by atoms with E-state index in [-0.39, 0.29) is 11.4 Å². The van der Waals surface area contributed by atoms with Crippen molar-refractivity contribution < 1.29 is 13.2 Å². The van der Waals surface area contributed by atoms with E-state index in [1.807, 2.05) is 0 Å². The summed E-state index contributed by atoms with van der Waals surface area (Å²) >= 11 is 0. The summed E-state index contributed by atoms with van der Waals surface area (Å²) in [5.41, 5.74) is 3.02. The number of benzene rings is 1. The zero-order valence-corrected chi connectivity index (χ0v) is 12.1. The molecule has 1 heterocycles. The highest BCUT2D eigenvalue weighted by Gasteiger charge is 2.15. The first-order valence-electron chi connectivity index (χ1n) is 6.04. The summed E-state index contributed by atoms with van der Waals surface area (Å²) in [7, 11) is -2.32. The second-order valence-electron chi connectivity index (χ2n) is 4.19. The van der Waals surface area contributed by atoms with Crippen LogP contribution in [0.4, 0.5) is 5.82 Å². The van der Waals surface area contributed by atoms with Crippen LogP contribution in [0.3, 0.4) is 0 Å². The molecule has 8 nitrogen and oxygen atoms in total. The molecule has 1 aromatic carbocycles. The maximum absolute atomic E-state index is 12.1. The van der Waals surface area contributed by atoms with E-state index < -0.39 is 15.9 Å². The summed E-state index contributed by atoms with van der Waals surface area (Å²) in [6.45, 7) is -0.314. The molecule has 9 heteroatoms. The number of fused-ring (bicyclic) bond motifs is 1. The predicted molar refractivity (Wildman–Crippen MR) is 78.8 cm³/mol. The van der Waals surface area contributed by atoms with E-state index >= 15 is 0 Å². The Bertz CT molecular complexity index is 776. The van der Waals surface area contributed by atoms with Gasteiger partial charge in [0.2, 0.25) is 15.9 Å². The van der Waals surface area contributed by atoms with Gasteiger partial charge in [-0.05, 0) is 30.3 Å². The van der Waals surface area contributed by atoms with E-state index in [2.05, 4.69) is 20.4 Å².